The van der Waals surface area contributed by atoms with Crippen LogP contribution in [0.1, 0.15) is 28.8 Å². The number of hydrogen-bond donors (Lipinski definition) is 2. The third-order valence-electron chi connectivity index (χ3n) is 6.03. The van der Waals surface area contributed by atoms with Crippen molar-refractivity contribution in [2.75, 3.05) is 57.8 Å². The van der Waals surface area contributed by atoms with Gasteiger partial charge in [0.15, 0.2) is 0 Å². The Bertz CT molecular complexity index is 818. The Morgan fingerprint density at radius 1 is 1.03 bits per heavy atom. The monoisotopic (exact) mass is 423 g/mol. The molecule has 2 aliphatic rings. The van der Waals surface area contributed by atoms with Crippen LogP contribution < -0.4 is 10.6 Å². The van der Waals surface area contributed by atoms with Gasteiger partial charge in [-0.1, -0.05) is 30.3 Å². The van der Waals surface area contributed by atoms with Gasteiger partial charge in [0.25, 0.3) is 5.91 Å². The summed E-state index contributed by atoms with van der Waals surface area (Å²) < 4.78 is 5.36. The summed E-state index contributed by atoms with van der Waals surface area (Å²) in [6.45, 7) is 8.05. The van der Waals surface area contributed by atoms with Crippen molar-refractivity contribution in [3.05, 3.63) is 59.8 Å². The maximum Gasteiger partial charge on any atom is 0.251 e. The van der Waals surface area contributed by atoms with Crippen molar-refractivity contribution in [3.63, 3.8) is 0 Å². The summed E-state index contributed by atoms with van der Waals surface area (Å²) in [7, 11) is 0. The van der Waals surface area contributed by atoms with Crippen molar-refractivity contribution in [3.8, 4) is 0 Å². The number of carbonyl (C=O) groups excluding carboxylic acids is 1. The molecule has 0 aliphatic carbocycles. The van der Waals surface area contributed by atoms with Gasteiger partial charge in [-0.2, -0.15) is 0 Å². The van der Waals surface area contributed by atoms with Crippen LogP contribution in [0.4, 0.5) is 5.82 Å². The Balaban J connectivity index is 1.21. The largest absolute Gasteiger partial charge is 0.379 e. The van der Waals surface area contributed by atoms with E-state index in [9.17, 15) is 4.79 Å². The number of anilines is 1. The molecule has 2 aliphatic heterocycles. The third-order valence-corrected chi connectivity index (χ3v) is 6.03. The van der Waals surface area contributed by atoms with Crippen LogP contribution in [-0.2, 0) is 11.3 Å². The average Bonchev–Trinajstić information content (AvgIpc) is 2.82. The number of benzene rings is 1. The quantitative estimate of drug-likeness (QED) is 0.679. The second-order valence-electron chi connectivity index (χ2n) is 8.32. The minimum atomic E-state index is -0.0450. The molecule has 2 fully saturated rings. The number of amides is 1. The highest BCUT2D eigenvalue weighted by molar-refractivity contribution is 5.94. The first-order chi connectivity index (χ1) is 15.3. The SMILES string of the molecule is O=C(NCCN1CCOCC1)c1ccnc(NC2CCN(Cc3ccccc3)CC2)c1. The van der Waals surface area contributed by atoms with Crippen LogP contribution in [0.2, 0.25) is 0 Å². The lowest BCUT2D eigenvalue weighted by molar-refractivity contribution is 0.0383. The van der Waals surface area contributed by atoms with Crippen molar-refractivity contribution in [1.29, 1.82) is 0 Å². The van der Waals surface area contributed by atoms with Crippen LogP contribution in [0.3, 0.4) is 0 Å². The van der Waals surface area contributed by atoms with Gasteiger partial charge >= 0.3 is 0 Å². The van der Waals surface area contributed by atoms with Crippen molar-refractivity contribution < 1.29 is 9.53 Å². The molecule has 0 radical (unpaired) electrons. The molecule has 4 rings (SSSR count). The Morgan fingerprint density at radius 2 is 1.81 bits per heavy atom. The lowest BCUT2D eigenvalue weighted by Crippen LogP contribution is -2.41. The molecule has 31 heavy (non-hydrogen) atoms. The fourth-order valence-corrected chi connectivity index (χ4v) is 4.19. The molecular formula is C24H33N5O2. The van der Waals surface area contributed by atoms with Crippen LogP contribution in [0.5, 0.6) is 0 Å². The van der Waals surface area contributed by atoms with E-state index in [4.69, 9.17) is 4.74 Å². The van der Waals surface area contributed by atoms with Gasteiger partial charge in [0.1, 0.15) is 5.82 Å². The zero-order valence-corrected chi connectivity index (χ0v) is 18.1. The molecule has 0 unspecified atom stereocenters. The normalized spacial score (nSPS) is 18.6. The molecule has 0 saturated carbocycles. The number of hydrogen-bond acceptors (Lipinski definition) is 6. The van der Waals surface area contributed by atoms with E-state index >= 15 is 0 Å². The van der Waals surface area contributed by atoms with E-state index in [0.717, 1.165) is 71.1 Å². The molecule has 0 atom stereocenters. The van der Waals surface area contributed by atoms with Crippen LogP contribution in [0.25, 0.3) is 0 Å². The lowest BCUT2D eigenvalue weighted by Gasteiger charge is -2.32. The number of nitrogens with zero attached hydrogens (tertiary/aromatic N) is 3. The zero-order chi connectivity index (χ0) is 21.3. The van der Waals surface area contributed by atoms with E-state index in [1.807, 2.05) is 6.07 Å². The van der Waals surface area contributed by atoms with Crippen LogP contribution in [-0.4, -0.2) is 79.2 Å². The summed E-state index contributed by atoms with van der Waals surface area (Å²) in [6.07, 6.45) is 3.86. The van der Waals surface area contributed by atoms with E-state index < -0.39 is 0 Å². The van der Waals surface area contributed by atoms with Gasteiger partial charge in [-0.25, -0.2) is 4.98 Å². The van der Waals surface area contributed by atoms with Crippen molar-refractivity contribution in [2.24, 2.45) is 0 Å². The average molecular weight is 424 g/mol. The third kappa shape index (κ3) is 6.75. The van der Waals surface area contributed by atoms with E-state index in [-0.39, 0.29) is 5.91 Å². The summed E-state index contributed by atoms with van der Waals surface area (Å²) in [5.41, 5.74) is 2.02. The van der Waals surface area contributed by atoms with Gasteiger partial charge in [-0.05, 0) is 30.5 Å². The molecule has 1 aromatic heterocycles. The number of piperidine rings is 1. The van der Waals surface area contributed by atoms with Crippen molar-refractivity contribution >= 4 is 11.7 Å². The highest BCUT2D eigenvalue weighted by Crippen LogP contribution is 2.18. The van der Waals surface area contributed by atoms with Gasteiger partial charge in [0, 0.05) is 63.6 Å². The zero-order valence-electron chi connectivity index (χ0n) is 18.1. The minimum absolute atomic E-state index is 0.0450. The van der Waals surface area contributed by atoms with Gasteiger partial charge in [0.2, 0.25) is 0 Å². The summed E-state index contributed by atoms with van der Waals surface area (Å²) in [6, 6.07) is 14.7. The first-order valence-corrected chi connectivity index (χ1v) is 11.3. The van der Waals surface area contributed by atoms with Crippen LogP contribution in [0.15, 0.2) is 48.7 Å². The summed E-state index contributed by atoms with van der Waals surface area (Å²) in [5, 5.41) is 6.55. The molecule has 0 spiro atoms. The van der Waals surface area contributed by atoms with Crippen LogP contribution in [0, 0.1) is 0 Å². The topological polar surface area (TPSA) is 69.7 Å². The Morgan fingerprint density at radius 3 is 2.58 bits per heavy atom. The second kappa shape index (κ2) is 11.2. The summed E-state index contributed by atoms with van der Waals surface area (Å²) >= 11 is 0. The Hall–Kier alpha value is -2.48. The molecule has 3 heterocycles. The van der Waals surface area contributed by atoms with E-state index in [1.54, 1.807) is 12.3 Å². The molecule has 1 aromatic carbocycles. The number of nitrogens with one attached hydrogen (secondary N) is 2. The predicted molar refractivity (Wildman–Crippen MR) is 122 cm³/mol. The Labute approximate surface area is 184 Å². The highest BCUT2D eigenvalue weighted by Gasteiger charge is 2.20. The fourth-order valence-electron chi connectivity index (χ4n) is 4.19. The number of morpholine rings is 1. The van der Waals surface area contributed by atoms with Gasteiger partial charge < -0.3 is 15.4 Å². The molecule has 2 aromatic rings. The molecule has 2 N–H and O–H groups in total. The molecule has 2 saturated heterocycles. The molecule has 0 bridgehead atoms. The van der Waals surface area contributed by atoms with Gasteiger partial charge in [-0.15, -0.1) is 0 Å². The van der Waals surface area contributed by atoms with Gasteiger partial charge in [-0.3, -0.25) is 14.6 Å². The number of aromatic nitrogens is 1. The smallest absolute Gasteiger partial charge is 0.251 e. The van der Waals surface area contributed by atoms with Crippen LogP contribution >= 0.6 is 0 Å². The number of carbonyl (C=O) groups is 1. The molecule has 7 heteroatoms. The Kier molecular flexibility index (Phi) is 7.87. The number of likely N-dealkylation sites (tertiary alicyclic amines) is 1. The maximum atomic E-state index is 12.5. The van der Waals surface area contributed by atoms with E-state index in [0.29, 0.717) is 18.2 Å². The first-order valence-electron chi connectivity index (χ1n) is 11.3. The van der Waals surface area contributed by atoms with E-state index in [1.165, 1.54) is 5.56 Å². The standard InChI is InChI=1S/C24H33N5O2/c30-24(26-10-13-28-14-16-31-17-15-28)21-6-9-25-23(18-21)27-22-7-11-29(12-8-22)19-20-4-2-1-3-5-20/h1-6,9,18,22H,7-8,10-17,19H2,(H,25,27)(H,26,30). The molecule has 1 amide bonds. The highest BCUT2D eigenvalue weighted by atomic mass is 16.5. The number of rotatable bonds is 8. The number of pyridine rings is 1. The van der Waals surface area contributed by atoms with Crippen molar-refractivity contribution in [1.82, 2.24) is 20.1 Å². The lowest BCUT2D eigenvalue weighted by atomic mass is 10.0. The number of ether oxygens (including phenoxy) is 1. The summed E-state index contributed by atoms with van der Waals surface area (Å²) in [4.78, 5) is 21.8. The molecule has 166 valence electrons. The maximum absolute atomic E-state index is 12.5. The van der Waals surface area contributed by atoms with E-state index in [2.05, 4.69) is 55.7 Å². The van der Waals surface area contributed by atoms with Gasteiger partial charge in [0.05, 0.1) is 13.2 Å². The fraction of sp³-hybridized carbons (Fsp3) is 0.500. The molecular weight excluding hydrogens is 390 g/mol. The van der Waals surface area contributed by atoms with Crippen molar-refractivity contribution in [2.45, 2.75) is 25.4 Å². The molecule has 7 nitrogen and oxygen atoms in total. The summed E-state index contributed by atoms with van der Waals surface area (Å²) in [5.74, 6) is 0.735. The second-order valence-corrected chi connectivity index (χ2v) is 8.32. The first kappa shape index (κ1) is 21.7. The minimum Gasteiger partial charge on any atom is -0.379 e. The predicted octanol–water partition coefficient (Wildman–Crippen LogP) is 2.22.